The summed E-state index contributed by atoms with van der Waals surface area (Å²) in [6, 6.07) is 17.8. The maximum Gasteiger partial charge on any atom is 0.289 e. The maximum absolute atomic E-state index is 12.8. The van der Waals surface area contributed by atoms with Gasteiger partial charge in [0.1, 0.15) is 18.1 Å². The SMILES string of the molecule is CCC(=O)N1CCc2ccc(OCc3ccc(C(=O)N(C)CC)o3)cc2[C@@H]1c1cccc(C)c1. The third kappa shape index (κ3) is 4.86. The van der Waals surface area contributed by atoms with E-state index in [2.05, 4.69) is 31.2 Å². The van der Waals surface area contributed by atoms with Crippen molar-refractivity contribution in [2.24, 2.45) is 0 Å². The van der Waals surface area contributed by atoms with Gasteiger partial charge in [0.2, 0.25) is 5.91 Å². The monoisotopic (exact) mass is 460 g/mol. The molecule has 0 unspecified atom stereocenters. The quantitative estimate of drug-likeness (QED) is 0.490. The highest BCUT2D eigenvalue weighted by atomic mass is 16.5. The van der Waals surface area contributed by atoms with E-state index in [1.165, 1.54) is 5.56 Å². The maximum atomic E-state index is 12.8. The van der Waals surface area contributed by atoms with E-state index in [-0.39, 0.29) is 24.5 Å². The van der Waals surface area contributed by atoms with Crippen LogP contribution in [-0.2, 0) is 17.8 Å². The molecule has 2 heterocycles. The number of nitrogens with zero attached hydrogens (tertiary/aromatic N) is 2. The Morgan fingerprint density at radius 3 is 2.68 bits per heavy atom. The lowest BCUT2D eigenvalue weighted by molar-refractivity contribution is -0.132. The Balaban J connectivity index is 1.59. The Morgan fingerprint density at radius 2 is 1.94 bits per heavy atom. The van der Waals surface area contributed by atoms with Crippen molar-refractivity contribution in [2.45, 2.75) is 46.3 Å². The van der Waals surface area contributed by atoms with E-state index in [1.54, 1.807) is 24.1 Å². The van der Waals surface area contributed by atoms with Crippen LogP contribution in [-0.4, -0.2) is 41.8 Å². The molecule has 3 aromatic rings. The van der Waals surface area contributed by atoms with E-state index in [0.29, 0.717) is 36.8 Å². The van der Waals surface area contributed by atoms with Gasteiger partial charge in [0.25, 0.3) is 5.91 Å². The summed E-state index contributed by atoms with van der Waals surface area (Å²) in [6.45, 7) is 7.42. The number of rotatable bonds is 7. The number of ether oxygens (including phenoxy) is 1. The van der Waals surface area contributed by atoms with Crippen molar-refractivity contribution in [1.29, 1.82) is 0 Å². The van der Waals surface area contributed by atoms with Gasteiger partial charge < -0.3 is 19.0 Å². The minimum Gasteiger partial charge on any atom is -0.486 e. The summed E-state index contributed by atoms with van der Waals surface area (Å²) in [6.07, 6.45) is 1.29. The van der Waals surface area contributed by atoms with E-state index in [4.69, 9.17) is 9.15 Å². The van der Waals surface area contributed by atoms with Gasteiger partial charge in [-0.25, -0.2) is 0 Å². The van der Waals surface area contributed by atoms with Crippen molar-refractivity contribution in [3.8, 4) is 5.75 Å². The summed E-state index contributed by atoms with van der Waals surface area (Å²) in [5.74, 6) is 1.60. The highest BCUT2D eigenvalue weighted by Crippen LogP contribution is 2.38. The molecular weight excluding hydrogens is 428 g/mol. The van der Waals surface area contributed by atoms with Gasteiger partial charge in [-0.3, -0.25) is 9.59 Å². The van der Waals surface area contributed by atoms with Crippen LogP contribution in [0.4, 0.5) is 0 Å². The highest BCUT2D eigenvalue weighted by Gasteiger charge is 2.31. The lowest BCUT2D eigenvalue weighted by Gasteiger charge is -2.38. The first kappa shape index (κ1) is 23.6. The third-order valence-corrected chi connectivity index (χ3v) is 6.40. The van der Waals surface area contributed by atoms with Crippen LogP contribution in [0.15, 0.2) is 59.0 Å². The number of hydrogen-bond donors (Lipinski definition) is 0. The van der Waals surface area contributed by atoms with Crippen LogP contribution >= 0.6 is 0 Å². The predicted octanol–water partition coefficient (Wildman–Crippen LogP) is 5.14. The molecule has 1 atom stereocenters. The molecule has 0 bridgehead atoms. The second kappa shape index (κ2) is 10.2. The lowest BCUT2D eigenvalue weighted by atomic mass is 9.87. The minimum absolute atomic E-state index is 0.142. The van der Waals surface area contributed by atoms with Crippen LogP contribution < -0.4 is 4.74 Å². The first-order valence-corrected chi connectivity index (χ1v) is 11.9. The molecule has 6 heteroatoms. The average molecular weight is 461 g/mol. The number of fused-ring (bicyclic) bond motifs is 1. The molecule has 0 fully saturated rings. The predicted molar refractivity (Wildman–Crippen MR) is 131 cm³/mol. The van der Waals surface area contributed by atoms with Gasteiger partial charge in [0.15, 0.2) is 5.76 Å². The number of aryl methyl sites for hydroxylation is 1. The van der Waals surface area contributed by atoms with Gasteiger partial charge >= 0.3 is 0 Å². The number of hydrogen-bond acceptors (Lipinski definition) is 4. The van der Waals surface area contributed by atoms with E-state index in [9.17, 15) is 9.59 Å². The van der Waals surface area contributed by atoms with Crippen LogP contribution in [0.2, 0.25) is 0 Å². The van der Waals surface area contributed by atoms with Crippen molar-refractivity contribution in [3.63, 3.8) is 0 Å². The fraction of sp³-hybridized carbons (Fsp3) is 0.357. The molecule has 34 heavy (non-hydrogen) atoms. The number of benzene rings is 2. The van der Waals surface area contributed by atoms with Crippen LogP contribution in [0.1, 0.15) is 64.9 Å². The highest BCUT2D eigenvalue weighted by molar-refractivity contribution is 5.91. The molecule has 1 aromatic heterocycles. The molecule has 0 saturated heterocycles. The van der Waals surface area contributed by atoms with Crippen LogP contribution in [0.5, 0.6) is 5.75 Å². The first-order valence-electron chi connectivity index (χ1n) is 11.9. The third-order valence-electron chi connectivity index (χ3n) is 6.40. The number of furan rings is 1. The molecule has 2 amide bonds. The molecule has 178 valence electrons. The molecule has 0 radical (unpaired) electrons. The van der Waals surface area contributed by atoms with Crippen molar-refractivity contribution in [2.75, 3.05) is 20.1 Å². The molecule has 0 aliphatic carbocycles. The van der Waals surface area contributed by atoms with Crippen molar-refractivity contribution in [1.82, 2.24) is 9.80 Å². The van der Waals surface area contributed by atoms with E-state index < -0.39 is 0 Å². The largest absolute Gasteiger partial charge is 0.486 e. The summed E-state index contributed by atoms with van der Waals surface area (Å²) >= 11 is 0. The Labute approximate surface area is 201 Å². The molecule has 0 N–H and O–H groups in total. The van der Waals surface area contributed by atoms with Crippen molar-refractivity contribution < 1.29 is 18.7 Å². The average Bonchev–Trinajstić information content (AvgIpc) is 3.34. The zero-order valence-corrected chi connectivity index (χ0v) is 20.3. The van der Waals surface area contributed by atoms with Gasteiger partial charge in [-0.05, 0) is 61.2 Å². The molecule has 2 aromatic carbocycles. The van der Waals surface area contributed by atoms with E-state index in [1.807, 2.05) is 36.9 Å². The van der Waals surface area contributed by atoms with Gasteiger partial charge in [-0.15, -0.1) is 0 Å². The molecule has 0 saturated carbocycles. The molecule has 1 aliphatic rings. The molecule has 4 rings (SSSR count). The summed E-state index contributed by atoms with van der Waals surface area (Å²) in [5, 5.41) is 0. The summed E-state index contributed by atoms with van der Waals surface area (Å²) in [7, 11) is 1.74. The number of carbonyl (C=O) groups is 2. The van der Waals surface area contributed by atoms with Crippen molar-refractivity contribution >= 4 is 11.8 Å². The Bertz CT molecular complexity index is 1180. The lowest BCUT2D eigenvalue weighted by Crippen LogP contribution is -2.40. The fourth-order valence-electron chi connectivity index (χ4n) is 4.41. The van der Waals surface area contributed by atoms with E-state index in [0.717, 1.165) is 23.1 Å². The van der Waals surface area contributed by atoms with Crippen LogP contribution in [0.25, 0.3) is 0 Å². The smallest absolute Gasteiger partial charge is 0.289 e. The second-order valence-corrected chi connectivity index (χ2v) is 8.74. The molecule has 0 spiro atoms. The molecule has 6 nitrogen and oxygen atoms in total. The number of carbonyl (C=O) groups excluding carboxylic acids is 2. The normalized spacial score (nSPS) is 15.1. The zero-order valence-electron chi connectivity index (χ0n) is 20.3. The summed E-state index contributed by atoms with van der Waals surface area (Å²) in [5.41, 5.74) is 4.59. The second-order valence-electron chi connectivity index (χ2n) is 8.74. The van der Waals surface area contributed by atoms with Gasteiger partial charge in [-0.1, -0.05) is 42.8 Å². The first-order chi connectivity index (χ1) is 16.4. The Hall–Kier alpha value is -3.54. The Morgan fingerprint density at radius 1 is 1.12 bits per heavy atom. The van der Waals surface area contributed by atoms with Crippen LogP contribution in [0, 0.1) is 6.92 Å². The molecular formula is C28H32N2O4. The topological polar surface area (TPSA) is 63.0 Å². The summed E-state index contributed by atoms with van der Waals surface area (Å²) < 4.78 is 11.7. The van der Waals surface area contributed by atoms with Crippen LogP contribution in [0.3, 0.4) is 0 Å². The standard InChI is InChI=1S/C28H32N2O4/c1-5-26(31)30-15-14-20-10-11-22(17-24(20)27(30)21-9-7-8-19(3)16-21)33-18-23-12-13-25(34-23)28(32)29(4)6-2/h7-13,16-17,27H,5-6,14-15,18H2,1-4H3/t27-/m0/s1. The fourth-order valence-corrected chi connectivity index (χ4v) is 4.41. The van der Waals surface area contributed by atoms with Gasteiger partial charge in [-0.2, -0.15) is 0 Å². The zero-order chi connectivity index (χ0) is 24.2. The van der Waals surface area contributed by atoms with E-state index >= 15 is 0 Å². The molecule has 1 aliphatic heterocycles. The van der Waals surface area contributed by atoms with Crippen molar-refractivity contribution in [3.05, 3.63) is 88.4 Å². The number of amides is 2. The minimum atomic E-state index is -0.149. The Kier molecular flexibility index (Phi) is 7.06. The van der Waals surface area contributed by atoms with Gasteiger partial charge in [0.05, 0.1) is 6.04 Å². The van der Waals surface area contributed by atoms with Gasteiger partial charge in [0, 0.05) is 26.6 Å². The summed E-state index contributed by atoms with van der Waals surface area (Å²) in [4.78, 5) is 28.7.